The van der Waals surface area contributed by atoms with Crippen LogP contribution >= 0.6 is 0 Å². The Bertz CT molecular complexity index is 2240. The maximum Gasteiger partial charge on any atom is 0.303 e. The molecule has 0 saturated carbocycles. The number of allylic oxidation sites excluding steroid dienone is 4. The van der Waals surface area contributed by atoms with Crippen molar-refractivity contribution in [3.8, 4) is 0 Å². The summed E-state index contributed by atoms with van der Waals surface area (Å²) in [6.45, 7) is 8.26. The number of carbonyl (C=O) groups is 1. The van der Waals surface area contributed by atoms with E-state index in [1.54, 1.807) is 25.3 Å². The zero-order valence-electron chi connectivity index (χ0n) is 33.3. The largest absolute Gasteiger partial charge is 0.744 e. The number of rotatable bonds is 24. The van der Waals surface area contributed by atoms with E-state index in [0.29, 0.717) is 93.4 Å². The highest BCUT2D eigenvalue weighted by Crippen LogP contribution is 2.51. The average Bonchev–Trinajstić information content (AvgIpc) is 3.51. The molecule has 2 aliphatic heterocycles. The van der Waals surface area contributed by atoms with Gasteiger partial charge in [0.15, 0.2) is 5.71 Å². The standard InChI is InChI=1S/C39H54N2O14S3/c1-5-40-33-16-14-29(57(47,48)49)27-31(33)38(2,18-10-26-56(44,45)46)35(40)11-9-12-36-39(3,19-21-54-24-25-55-23-22-53-4)32-28-30(58(50,51)52)15-17-34(32)41(36)20-8-6-7-13-37(42)43/h9,11-12,14-17,27-28H,5-8,10,13,18-26H2,1-4H3,(H3-,42,43,44,45,46,47,48,49,50,51,52). The Balaban J connectivity index is 1.83. The monoisotopic (exact) mass is 870 g/mol. The predicted molar refractivity (Wildman–Crippen MR) is 215 cm³/mol. The Morgan fingerprint density at radius 2 is 1.50 bits per heavy atom. The summed E-state index contributed by atoms with van der Waals surface area (Å²) >= 11 is 0. The number of ether oxygens (including phenoxy) is 3. The van der Waals surface area contributed by atoms with E-state index in [1.807, 2.05) is 42.4 Å². The fourth-order valence-corrected chi connectivity index (χ4v) is 9.30. The van der Waals surface area contributed by atoms with E-state index < -0.39 is 57.8 Å². The van der Waals surface area contributed by atoms with E-state index in [4.69, 9.17) is 14.2 Å². The zero-order valence-corrected chi connectivity index (χ0v) is 35.7. The van der Waals surface area contributed by atoms with Crippen molar-refractivity contribution in [1.29, 1.82) is 0 Å². The third kappa shape index (κ3) is 11.6. The van der Waals surface area contributed by atoms with Gasteiger partial charge in [-0.3, -0.25) is 13.9 Å². The van der Waals surface area contributed by atoms with Crippen LogP contribution < -0.4 is 4.90 Å². The molecule has 0 fully saturated rings. The van der Waals surface area contributed by atoms with Gasteiger partial charge in [0.1, 0.15) is 16.7 Å². The SMILES string of the molecule is CCN1/C(=C/C=C/C2=[N+](CCCCCC(=O)O)c3ccc(S(=O)(=O)O)cc3C2(C)CCOCCOCCOC)C(C)(CCCS(=O)(=O)O)c2cc(S(=O)(=O)[O-])ccc21. The first-order valence-electron chi connectivity index (χ1n) is 19.0. The van der Waals surface area contributed by atoms with Crippen molar-refractivity contribution in [3.05, 3.63) is 71.5 Å². The van der Waals surface area contributed by atoms with Crippen LogP contribution in [0.25, 0.3) is 0 Å². The summed E-state index contributed by atoms with van der Waals surface area (Å²) in [6.07, 6.45) is 7.79. The molecular weight excluding hydrogens is 817 g/mol. The lowest BCUT2D eigenvalue weighted by atomic mass is 9.76. The number of nitrogens with zero attached hydrogens (tertiary/aromatic N) is 2. The molecule has 0 aromatic heterocycles. The highest BCUT2D eigenvalue weighted by Gasteiger charge is 2.48. The summed E-state index contributed by atoms with van der Waals surface area (Å²) in [6, 6.07) is 8.53. The molecule has 0 amide bonds. The molecule has 0 spiro atoms. The Morgan fingerprint density at radius 3 is 2.12 bits per heavy atom. The van der Waals surface area contributed by atoms with Crippen LogP contribution in [0.4, 0.5) is 11.4 Å². The molecule has 2 aromatic rings. The summed E-state index contributed by atoms with van der Waals surface area (Å²) in [5.74, 6) is -1.43. The first-order chi connectivity index (χ1) is 27.2. The van der Waals surface area contributed by atoms with Crippen LogP contribution in [0.2, 0.25) is 0 Å². The number of anilines is 1. The van der Waals surface area contributed by atoms with Crippen molar-refractivity contribution < 1.29 is 67.6 Å². The summed E-state index contributed by atoms with van der Waals surface area (Å²) in [5.41, 5.74) is 2.05. The van der Waals surface area contributed by atoms with Crippen molar-refractivity contribution in [3.63, 3.8) is 0 Å². The zero-order chi connectivity index (χ0) is 42.9. The van der Waals surface area contributed by atoms with Crippen molar-refractivity contribution in [2.75, 3.05) is 63.9 Å². The highest BCUT2D eigenvalue weighted by atomic mass is 32.2. The molecule has 2 atom stereocenters. The van der Waals surface area contributed by atoms with Crippen LogP contribution in [0.3, 0.4) is 0 Å². The third-order valence-electron chi connectivity index (χ3n) is 10.7. The van der Waals surface area contributed by atoms with Crippen LogP contribution in [0.1, 0.15) is 76.8 Å². The quantitative estimate of drug-likeness (QED) is 0.0729. The average molecular weight is 871 g/mol. The summed E-state index contributed by atoms with van der Waals surface area (Å²) < 4.78 is 123. The van der Waals surface area contributed by atoms with Crippen LogP contribution in [0.5, 0.6) is 0 Å². The van der Waals surface area contributed by atoms with E-state index >= 15 is 0 Å². The molecule has 0 aliphatic carbocycles. The number of methoxy groups -OCH3 is 1. The van der Waals surface area contributed by atoms with Crippen LogP contribution in [0, 0.1) is 0 Å². The molecule has 0 radical (unpaired) electrons. The van der Waals surface area contributed by atoms with Crippen LogP contribution in [-0.2, 0) is 60.2 Å². The van der Waals surface area contributed by atoms with Gasteiger partial charge in [0, 0.05) is 67.6 Å². The molecule has 2 aromatic carbocycles. The Kier molecular flexibility index (Phi) is 16.0. The topological polar surface area (TPSA) is 237 Å². The van der Waals surface area contributed by atoms with Gasteiger partial charge in [0.05, 0.1) is 47.4 Å². The summed E-state index contributed by atoms with van der Waals surface area (Å²) in [5, 5.41) is 9.18. The summed E-state index contributed by atoms with van der Waals surface area (Å²) in [4.78, 5) is 12.4. The molecule has 2 aliphatic rings. The lowest BCUT2D eigenvalue weighted by Crippen LogP contribution is -2.33. The number of unbranched alkanes of at least 4 members (excludes halogenated alkanes) is 2. The fourth-order valence-electron chi connectivity index (χ4n) is 7.79. The molecule has 0 bridgehead atoms. The van der Waals surface area contributed by atoms with Gasteiger partial charge in [-0.15, -0.1) is 0 Å². The molecular formula is C39H54N2O14S3. The van der Waals surface area contributed by atoms with E-state index in [9.17, 15) is 48.8 Å². The molecule has 2 unspecified atom stereocenters. The minimum Gasteiger partial charge on any atom is -0.744 e. The molecule has 322 valence electrons. The number of carboxylic acids is 1. The minimum absolute atomic E-state index is 0.0180. The van der Waals surface area contributed by atoms with Crippen LogP contribution in [0.15, 0.2) is 70.1 Å². The highest BCUT2D eigenvalue weighted by molar-refractivity contribution is 7.86. The van der Waals surface area contributed by atoms with Crippen molar-refractivity contribution >= 4 is 53.4 Å². The third-order valence-corrected chi connectivity index (χ3v) is 13.2. The number of hydrogen-bond acceptors (Lipinski definition) is 12. The normalized spacial score (nSPS) is 20.4. The molecule has 2 heterocycles. The van der Waals surface area contributed by atoms with Gasteiger partial charge >= 0.3 is 5.97 Å². The molecule has 16 nitrogen and oxygen atoms in total. The fraction of sp³-hybridized carbons (Fsp3) is 0.538. The van der Waals surface area contributed by atoms with Crippen molar-refractivity contribution in [2.45, 2.75) is 86.3 Å². The van der Waals surface area contributed by atoms with Gasteiger partial charge in [0.25, 0.3) is 20.2 Å². The van der Waals surface area contributed by atoms with Crippen molar-refractivity contribution in [2.24, 2.45) is 0 Å². The van der Waals surface area contributed by atoms with Gasteiger partial charge < -0.3 is 28.8 Å². The van der Waals surface area contributed by atoms with Gasteiger partial charge in [-0.1, -0.05) is 6.08 Å². The smallest absolute Gasteiger partial charge is 0.303 e. The summed E-state index contributed by atoms with van der Waals surface area (Å²) in [7, 11) is -12.1. The molecule has 58 heavy (non-hydrogen) atoms. The van der Waals surface area contributed by atoms with Gasteiger partial charge in [-0.05, 0) is 94.8 Å². The molecule has 3 N–H and O–H groups in total. The molecule has 4 rings (SSSR count). The minimum atomic E-state index is -4.83. The number of hydrogen-bond donors (Lipinski definition) is 3. The maximum absolute atomic E-state index is 12.4. The lowest BCUT2D eigenvalue weighted by Gasteiger charge is -2.30. The van der Waals surface area contributed by atoms with Crippen molar-refractivity contribution in [1.82, 2.24) is 0 Å². The van der Waals surface area contributed by atoms with Gasteiger partial charge in [-0.25, -0.2) is 8.42 Å². The molecule has 19 heteroatoms. The van der Waals surface area contributed by atoms with Crippen LogP contribution in [-0.4, -0.2) is 119 Å². The van der Waals surface area contributed by atoms with E-state index in [-0.39, 0.29) is 30.8 Å². The Hall–Kier alpha value is -3.53. The van der Waals surface area contributed by atoms with Gasteiger partial charge in [0.2, 0.25) is 5.69 Å². The number of carboxylic acid groups (broad SMARTS) is 1. The van der Waals surface area contributed by atoms with E-state index in [0.717, 1.165) is 5.71 Å². The Morgan fingerprint density at radius 1 is 0.845 bits per heavy atom. The lowest BCUT2D eigenvalue weighted by molar-refractivity contribution is -0.438. The maximum atomic E-state index is 12.4. The molecule has 0 saturated heterocycles. The second-order valence-corrected chi connectivity index (χ2v) is 19.1. The first-order valence-corrected chi connectivity index (χ1v) is 23.5. The predicted octanol–water partition coefficient (Wildman–Crippen LogP) is 4.81. The van der Waals surface area contributed by atoms with E-state index in [2.05, 4.69) is 0 Å². The number of likely N-dealkylation sites (N-methyl/N-ethyl adjacent to an activating group) is 1. The number of aliphatic carboxylic acids is 1. The van der Waals surface area contributed by atoms with Gasteiger partial charge in [-0.2, -0.15) is 21.4 Å². The first kappa shape index (κ1) is 47.2. The van der Waals surface area contributed by atoms with E-state index in [1.165, 1.54) is 24.3 Å². The second kappa shape index (κ2) is 19.7. The number of fused-ring (bicyclic) bond motifs is 2. The second-order valence-electron chi connectivity index (χ2n) is 14.7. The Labute approximate surface area is 341 Å². The number of benzene rings is 2.